The van der Waals surface area contributed by atoms with Crippen molar-refractivity contribution in [3.05, 3.63) is 24.8 Å². The molecule has 4 atom stereocenters. The van der Waals surface area contributed by atoms with Crippen LogP contribution in [-0.4, -0.2) is 10.7 Å². The molecule has 0 aromatic heterocycles. The van der Waals surface area contributed by atoms with Gasteiger partial charge in [-0.1, -0.05) is 39.0 Å². The summed E-state index contributed by atoms with van der Waals surface area (Å²) in [5.74, 6) is 1.50. The van der Waals surface area contributed by atoms with Crippen molar-refractivity contribution in [2.75, 3.05) is 0 Å². The minimum atomic E-state index is -0.718. The maximum atomic E-state index is 10.3. The first kappa shape index (κ1) is 16.8. The third-order valence-electron chi connectivity index (χ3n) is 6.67. The van der Waals surface area contributed by atoms with Gasteiger partial charge in [0.2, 0.25) is 0 Å². The van der Waals surface area contributed by atoms with Gasteiger partial charge in [0, 0.05) is 0 Å². The molecular formula is C20H34O. The lowest BCUT2D eigenvalue weighted by Gasteiger charge is -2.58. The van der Waals surface area contributed by atoms with Gasteiger partial charge in [0.1, 0.15) is 0 Å². The van der Waals surface area contributed by atoms with Crippen LogP contribution in [0.4, 0.5) is 0 Å². The first-order valence-corrected chi connectivity index (χ1v) is 8.63. The number of allylic oxidation sites excluding steroid dienone is 1. The first-order chi connectivity index (χ1) is 9.61. The highest BCUT2D eigenvalue weighted by Crippen LogP contribution is 2.61. The molecule has 0 amide bonds. The molecule has 0 heterocycles. The summed E-state index contributed by atoms with van der Waals surface area (Å²) in [6, 6.07) is 0. The van der Waals surface area contributed by atoms with Gasteiger partial charge in [0.15, 0.2) is 0 Å². The Balaban J connectivity index is 2.18. The fourth-order valence-corrected chi connectivity index (χ4v) is 5.23. The van der Waals surface area contributed by atoms with Crippen LogP contribution in [0.25, 0.3) is 0 Å². The van der Waals surface area contributed by atoms with Crippen molar-refractivity contribution in [1.29, 1.82) is 0 Å². The van der Waals surface area contributed by atoms with Gasteiger partial charge >= 0.3 is 0 Å². The molecule has 0 aliphatic heterocycles. The Morgan fingerprint density at radius 3 is 2.62 bits per heavy atom. The molecular weight excluding hydrogens is 256 g/mol. The lowest BCUT2D eigenvalue weighted by Crippen LogP contribution is -2.49. The predicted octanol–water partition coefficient (Wildman–Crippen LogP) is 5.50. The summed E-state index contributed by atoms with van der Waals surface area (Å²) in [4.78, 5) is 0. The third kappa shape index (κ3) is 3.28. The van der Waals surface area contributed by atoms with Gasteiger partial charge in [-0.25, -0.2) is 0 Å². The Hall–Kier alpha value is -0.560. The normalized spacial score (nSPS) is 38.4. The molecule has 21 heavy (non-hydrogen) atoms. The maximum Gasteiger partial charge on any atom is 0.0797 e. The molecule has 0 bridgehead atoms. The summed E-state index contributed by atoms with van der Waals surface area (Å²) < 4.78 is 0. The molecule has 2 aliphatic carbocycles. The van der Waals surface area contributed by atoms with Crippen LogP contribution in [0.3, 0.4) is 0 Å². The predicted molar refractivity (Wildman–Crippen MR) is 91.1 cm³/mol. The fraction of sp³-hybridized carbons (Fsp3) is 0.800. The van der Waals surface area contributed by atoms with Crippen molar-refractivity contribution in [1.82, 2.24) is 0 Å². The first-order valence-electron chi connectivity index (χ1n) is 8.63. The van der Waals surface area contributed by atoms with E-state index in [1.807, 2.05) is 6.92 Å². The number of hydrogen-bond donors (Lipinski definition) is 1. The molecule has 2 unspecified atom stereocenters. The lowest BCUT2D eigenvalue weighted by atomic mass is 9.47. The molecule has 1 N–H and O–H groups in total. The van der Waals surface area contributed by atoms with Crippen LogP contribution in [0.2, 0.25) is 0 Å². The molecule has 120 valence electrons. The van der Waals surface area contributed by atoms with Crippen molar-refractivity contribution in [2.45, 2.75) is 78.2 Å². The average Bonchev–Trinajstić information content (AvgIpc) is 2.36. The minimum absolute atomic E-state index is 0.369. The highest BCUT2D eigenvalue weighted by molar-refractivity contribution is 5.12. The fourth-order valence-electron chi connectivity index (χ4n) is 5.23. The van der Waals surface area contributed by atoms with E-state index in [4.69, 9.17) is 0 Å². The Labute approximate surface area is 131 Å². The van der Waals surface area contributed by atoms with Crippen LogP contribution in [0, 0.1) is 22.7 Å². The van der Waals surface area contributed by atoms with Crippen molar-refractivity contribution < 1.29 is 5.11 Å². The van der Waals surface area contributed by atoms with Gasteiger partial charge < -0.3 is 5.11 Å². The maximum absolute atomic E-state index is 10.3. The van der Waals surface area contributed by atoms with E-state index in [9.17, 15) is 5.11 Å². The van der Waals surface area contributed by atoms with Crippen LogP contribution < -0.4 is 0 Å². The molecule has 0 saturated heterocycles. The number of aliphatic hydroxyl groups is 1. The van der Waals surface area contributed by atoms with Crippen LogP contribution in [-0.2, 0) is 0 Å². The number of rotatable bonds is 4. The minimum Gasteiger partial charge on any atom is -0.386 e. The van der Waals surface area contributed by atoms with Gasteiger partial charge in [-0.2, -0.15) is 0 Å². The Bertz CT molecular complexity index is 418. The van der Waals surface area contributed by atoms with E-state index in [0.717, 1.165) is 18.8 Å². The summed E-state index contributed by atoms with van der Waals surface area (Å²) in [5, 5.41) is 10.3. The van der Waals surface area contributed by atoms with Crippen molar-refractivity contribution >= 4 is 0 Å². The molecule has 2 saturated carbocycles. The summed E-state index contributed by atoms with van der Waals surface area (Å²) in [6.45, 7) is 17.4. The van der Waals surface area contributed by atoms with Crippen LogP contribution in [0.1, 0.15) is 72.6 Å². The Morgan fingerprint density at radius 1 is 1.33 bits per heavy atom. The van der Waals surface area contributed by atoms with E-state index in [2.05, 4.69) is 33.9 Å². The number of hydrogen-bond acceptors (Lipinski definition) is 1. The van der Waals surface area contributed by atoms with Crippen molar-refractivity contribution in [3.8, 4) is 0 Å². The topological polar surface area (TPSA) is 20.2 Å². The van der Waals surface area contributed by atoms with Crippen LogP contribution in [0.15, 0.2) is 24.8 Å². The van der Waals surface area contributed by atoms with E-state index in [0.29, 0.717) is 16.7 Å². The summed E-state index contributed by atoms with van der Waals surface area (Å²) >= 11 is 0. The van der Waals surface area contributed by atoms with E-state index >= 15 is 0 Å². The summed E-state index contributed by atoms with van der Waals surface area (Å²) in [5.41, 5.74) is 1.54. The average molecular weight is 290 g/mol. The van der Waals surface area contributed by atoms with Gasteiger partial charge in [-0.05, 0) is 74.5 Å². The Kier molecular flexibility index (Phi) is 4.46. The van der Waals surface area contributed by atoms with Crippen LogP contribution >= 0.6 is 0 Å². The molecule has 0 aromatic rings. The van der Waals surface area contributed by atoms with Crippen molar-refractivity contribution in [3.63, 3.8) is 0 Å². The van der Waals surface area contributed by atoms with Crippen LogP contribution in [0.5, 0.6) is 0 Å². The van der Waals surface area contributed by atoms with E-state index in [-0.39, 0.29) is 0 Å². The van der Waals surface area contributed by atoms with Gasteiger partial charge in [-0.3, -0.25) is 0 Å². The Morgan fingerprint density at radius 2 is 2.00 bits per heavy atom. The van der Waals surface area contributed by atoms with Crippen molar-refractivity contribution in [2.24, 2.45) is 22.7 Å². The highest BCUT2D eigenvalue weighted by Gasteiger charge is 2.52. The zero-order valence-corrected chi connectivity index (χ0v) is 14.5. The van der Waals surface area contributed by atoms with E-state index in [1.54, 1.807) is 6.08 Å². The summed E-state index contributed by atoms with van der Waals surface area (Å²) in [7, 11) is 0. The zero-order valence-electron chi connectivity index (χ0n) is 14.5. The second-order valence-electron chi connectivity index (χ2n) is 8.85. The summed E-state index contributed by atoms with van der Waals surface area (Å²) in [6.07, 6.45) is 9.94. The second-order valence-corrected chi connectivity index (χ2v) is 8.85. The molecule has 2 fully saturated rings. The number of fused-ring (bicyclic) bond motifs is 1. The van der Waals surface area contributed by atoms with E-state index in [1.165, 1.54) is 37.7 Å². The lowest BCUT2D eigenvalue weighted by molar-refractivity contribution is -0.0716. The standard InChI is InChI=1S/C20H34O/c1-7-19(5,21)13-11-16-10-12-18(3,4)17-9-8-15(2)14-20(16,17)6/h7,16-17,21H,1-2,8-14H2,3-6H3/t16-,17?,19?,20+/m1/s1. The molecule has 1 heteroatoms. The molecule has 2 rings (SSSR count). The zero-order chi connectivity index (χ0) is 15.9. The third-order valence-corrected chi connectivity index (χ3v) is 6.67. The smallest absolute Gasteiger partial charge is 0.0797 e. The quantitative estimate of drug-likeness (QED) is 0.678. The molecule has 0 spiro atoms. The molecule has 0 aromatic carbocycles. The molecule has 2 aliphatic rings. The van der Waals surface area contributed by atoms with Gasteiger partial charge in [-0.15, -0.1) is 6.58 Å². The SMILES string of the molecule is C=CC(C)(O)CC[C@H]1CCC(C)(C)C2CCC(=C)C[C@]21C. The second kappa shape index (κ2) is 5.57. The molecule has 0 radical (unpaired) electrons. The van der Waals surface area contributed by atoms with Gasteiger partial charge in [0.05, 0.1) is 5.60 Å². The van der Waals surface area contributed by atoms with E-state index < -0.39 is 5.60 Å². The highest BCUT2D eigenvalue weighted by atomic mass is 16.3. The molecule has 1 nitrogen and oxygen atoms in total. The monoisotopic (exact) mass is 290 g/mol. The largest absolute Gasteiger partial charge is 0.386 e. The van der Waals surface area contributed by atoms with Gasteiger partial charge in [0.25, 0.3) is 0 Å².